The molecule has 0 bridgehead atoms. The lowest BCUT2D eigenvalue weighted by Crippen LogP contribution is -2.39. The van der Waals surface area contributed by atoms with Gasteiger partial charge in [-0.05, 0) is 44.7 Å². The highest BCUT2D eigenvalue weighted by Crippen LogP contribution is 2.34. The van der Waals surface area contributed by atoms with E-state index in [1.54, 1.807) is 25.5 Å². The van der Waals surface area contributed by atoms with Crippen LogP contribution in [-0.2, 0) is 16.6 Å². The Bertz CT molecular complexity index is 867. The Morgan fingerprint density at radius 3 is 2.59 bits per heavy atom. The number of aromatic nitrogens is 3. The molecule has 0 saturated carbocycles. The van der Waals surface area contributed by atoms with Gasteiger partial charge in [-0.25, -0.2) is 4.79 Å². The summed E-state index contributed by atoms with van der Waals surface area (Å²) in [6, 6.07) is 3.86. The van der Waals surface area contributed by atoms with Crippen molar-refractivity contribution in [2.24, 2.45) is 7.05 Å². The van der Waals surface area contributed by atoms with Crippen LogP contribution in [0.5, 0.6) is 0 Å². The van der Waals surface area contributed by atoms with Crippen LogP contribution in [0.25, 0.3) is 0 Å². The number of benzene rings is 1. The van der Waals surface area contributed by atoms with Gasteiger partial charge in [-0.3, -0.25) is 14.9 Å². The first-order chi connectivity index (χ1) is 12.7. The van der Waals surface area contributed by atoms with Crippen molar-refractivity contribution in [3.05, 3.63) is 40.2 Å². The molecule has 2 aromatic rings. The van der Waals surface area contributed by atoms with E-state index in [0.717, 1.165) is 17.8 Å². The molecule has 27 heavy (non-hydrogen) atoms. The monoisotopic (exact) mass is 393 g/mol. The average Bonchev–Trinajstić information content (AvgIpc) is 2.99. The van der Waals surface area contributed by atoms with Crippen LogP contribution >= 0.6 is 11.8 Å². The normalized spacial score (nSPS) is 11.9. The maximum absolute atomic E-state index is 12.2. The van der Waals surface area contributed by atoms with Crippen molar-refractivity contribution in [3.63, 3.8) is 0 Å². The van der Waals surface area contributed by atoms with Gasteiger partial charge in [0, 0.05) is 19.2 Å². The lowest BCUT2D eigenvalue weighted by Gasteiger charge is -2.15. The third-order valence-corrected chi connectivity index (χ3v) is 4.46. The lowest BCUT2D eigenvalue weighted by atomic mass is 10.2. The maximum atomic E-state index is 12.2. The molecular formula is C16H19N5O5S. The molecule has 0 saturated heterocycles. The Kier molecular flexibility index (Phi) is 6.50. The zero-order chi connectivity index (χ0) is 20.1. The van der Waals surface area contributed by atoms with Crippen molar-refractivity contribution in [2.45, 2.75) is 43.0 Å². The second-order valence-electron chi connectivity index (χ2n) is 5.98. The first-order valence-corrected chi connectivity index (χ1v) is 8.82. The van der Waals surface area contributed by atoms with E-state index < -0.39 is 22.9 Å². The fourth-order valence-electron chi connectivity index (χ4n) is 2.02. The molecule has 0 spiro atoms. The molecular weight excluding hydrogens is 374 g/mol. The molecule has 0 fully saturated rings. The van der Waals surface area contributed by atoms with Crippen LogP contribution in [0, 0.1) is 10.1 Å². The highest BCUT2D eigenvalue weighted by molar-refractivity contribution is 7.99. The van der Waals surface area contributed by atoms with Crippen molar-refractivity contribution >= 4 is 29.3 Å². The summed E-state index contributed by atoms with van der Waals surface area (Å²) in [5.74, 6) is -1.26. The molecule has 0 aliphatic carbocycles. The van der Waals surface area contributed by atoms with E-state index in [-0.39, 0.29) is 17.3 Å². The zero-order valence-corrected chi connectivity index (χ0v) is 16.0. The van der Waals surface area contributed by atoms with Crippen LogP contribution in [0.4, 0.5) is 5.69 Å². The van der Waals surface area contributed by atoms with Crippen molar-refractivity contribution in [1.29, 1.82) is 0 Å². The molecule has 0 radical (unpaired) electrons. The number of carbonyl (C=O) groups is 2. The average molecular weight is 393 g/mol. The minimum atomic E-state index is -1.02. The number of nitrogens with zero attached hydrogens (tertiary/aromatic N) is 4. The summed E-state index contributed by atoms with van der Waals surface area (Å²) in [5.41, 5.74) is -0.287. The summed E-state index contributed by atoms with van der Waals surface area (Å²) in [5, 5.41) is 22.1. The van der Waals surface area contributed by atoms with Gasteiger partial charge in [0.15, 0.2) is 11.3 Å². The molecule has 1 heterocycles. The number of nitro groups is 1. The summed E-state index contributed by atoms with van der Waals surface area (Å²) in [6.45, 7) is 4.99. The minimum absolute atomic E-state index is 0.0202. The van der Waals surface area contributed by atoms with E-state index in [1.165, 1.54) is 25.4 Å². The smallest absolute Gasteiger partial charge is 0.339 e. The largest absolute Gasteiger partial charge is 0.449 e. The van der Waals surface area contributed by atoms with Crippen molar-refractivity contribution in [2.75, 3.05) is 0 Å². The fourth-order valence-corrected chi connectivity index (χ4v) is 2.87. The molecule has 2 rings (SSSR count). The Hall–Kier alpha value is -2.95. The number of rotatable bonds is 7. The van der Waals surface area contributed by atoms with E-state index >= 15 is 0 Å². The SMILES string of the molecule is CC(C)NC(=O)[C@@H](C)OC(=O)c1ccc(Sc2nncn2C)c([N+](=O)[O-])c1. The molecule has 1 amide bonds. The number of hydrogen-bond donors (Lipinski definition) is 1. The quantitative estimate of drug-likeness (QED) is 0.429. The van der Waals surface area contributed by atoms with Crippen LogP contribution < -0.4 is 5.32 Å². The Labute approximate surface area is 159 Å². The molecule has 1 aromatic carbocycles. The molecule has 144 valence electrons. The van der Waals surface area contributed by atoms with Gasteiger partial charge >= 0.3 is 5.97 Å². The van der Waals surface area contributed by atoms with Gasteiger partial charge in [-0.15, -0.1) is 10.2 Å². The third-order valence-electron chi connectivity index (χ3n) is 3.35. The standard InChI is InChI=1S/C16H19N5O5S/c1-9(2)18-14(22)10(3)26-15(23)11-5-6-13(12(7-11)21(24)25)27-16-19-17-8-20(16)4/h5-10H,1-4H3,(H,18,22)/t10-/m1/s1. The molecule has 0 unspecified atom stereocenters. The maximum Gasteiger partial charge on any atom is 0.339 e. The van der Waals surface area contributed by atoms with Gasteiger partial charge < -0.3 is 14.6 Å². The third kappa shape index (κ3) is 5.26. The number of carbonyl (C=O) groups excluding carboxylic acids is 2. The van der Waals surface area contributed by atoms with Gasteiger partial charge in [0.25, 0.3) is 11.6 Å². The van der Waals surface area contributed by atoms with Gasteiger partial charge in [0.05, 0.1) is 15.4 Å². The molecule has 1 atom stereocenters. The molecule has 1 N–H and O–H groups in total. The predicted molar refractivity (Wildman–Crippen MR) is 96.4 cm³/mol. The van der Waals surface area contributed by atoms with E-state index in [1.807, 2.05) is 0 Å². The van der Waals surface area contributed by atoms with E-state index in [4.69, 9.17) is 4.74 Å². The molecule has 11 heteroatoms. The van der Waals surface area contributed by atoms with Gasteiger partial charge in [-0.1, -0.05) is 0 Å². The molecule has 0 aliphatic rings. The number of ether oxygens (including phenoxy) is 1. The van der Waals surface area contributed by atoms with Crippen LogP contribution in [0.2, 0.25) is 0 Å². The number of nitro benzene ring substituents is 1. The van der Waals surface area contributed by atoms with Crippen LogP contribution in [-0.4, -0.2) is 43.7 Å². The Balaban J connectivity index is 2.19. The summed E-state index contributed by atoms with van der Waals surface area (Å²) < 4.78 is 6.71. The van der Waals surface area contributed by atoms with Crippen LogP contribution in [0.15, 0.2) is 34.6 Å². The van der Waals surface area contributed by atoms with Crippen LogP contribution in [0.3, 0.4) is 0 Å². The van der Waals surface area contributed by atoms with Gasteiger partial charge in [-0.2, -0.15) is 0 Å². The summed E-state index contributed by atoms with van der Waals surface area (Å²) in [6.07, 6.45) is 0.454. The number of hydrogen-bond acceptors (Lipinski definition) is 8. The second-order valence-corrected chi connectivity index (χ2v) is 6.99. The van der Waals surface area contributed by atoms with E-state index in [0.29, 0.717) is 10.1 Å². The van der Waals surface area contributed by atoms with E-state index in [2.05, 4.69) is 15.5 Å². The summed E-state index contributed by atoms with van der Waals surface area (Å²) >= 11 is 1.05. The number of nitrogens with one attached hydrogen (secondary N) is 1. The van der Waals surface area contributed by atoms with Crippen molar-refractivity contribution in [3.8, 4) is 0 Å². The minimum Gasteiger partial charge on any atom is -0.449 e. The van der Waals surface area contributed by atoms with E-state index in [9.17, 15) is 19.7 Å². The number of esters is 1. The first kappa shape index (κ1) is 20.4. The molecule has 1 aromatic heterocycles. The molecule has 0 aliphatic heterocycles. The highest BCUT2D eigenvalue weighted by atomic mass is 32.2. The number of amides is 1. The predicted octanol–water partition coefficient (Wildman–Crippen LogP) is 1.94. The first-order valence-electron chi connectivity index (χ1n) is 8.00. The topological polar surface area (TPSA) is 129 Å². The van der Waals surface area contributed by atoms with Gasteiger partial charge in [0.2, 0.25) is 0 Å². The molecule has 10 nitrogen and oxygen atoms in total. The second kappa shape index (κ2) is 8.62. The fraction of sp³-hybridized carbons (Fsp3) is 0.375. The number of aryl methyl sites for hydroxylation is 1. The lowest BCUT2D eigenvalue weighted by molar-refractivity contribution is -0.387. The van der Waals surface area contributed by atoms with Gasteiger partial charge in [0.1, 0.15) is 6.33 Å². The Morgan fingerprint density at radius 2 is 2.04 bits per heavy atom. The van der Waals surface area contributed by atoms with Crippen molar-refractivity contribution < 1.29 is 19.2 Å². The highest BCUT2D eigenvalue weighted by Gasteiger charge is 2.23. The summed E-state index contributed by atoms with van der Waals surface area (Å²) in [4.78, 5) is 35.2. The zero-order valence-electron chi connectivity index (χ0n) is 15.2. The van der Waals surface area contributed by atoms with Crippen molar-refractivity contribution in [1.82, 2.24) is 20.1 Å². The Morgan fingerprint density at radius 1 is 1.33 bits per heavy atom. The summed E-state index contributed by atoms with van der Waals surface area (Å²) in [7, 11) is 1.71. The van der Waals surface area contributed by atoms with Crippen LogP contribution in [0.1, 0.15) is 31.1 Å².